The topological polar surface area (TPSA) is 61.0 Å². The summed E-state index contributed by atoms with van der Waals surface area (Å²) in [4.78, 5) is 22.3. The number of thiophene rings is 1. The number of fused-ring (bicyclic) bond motifs is 1. The van der Waals surface area contributed by atoms with E-state index in [1.54, 1.807) is 11.3 Å². The molecular formula is C20H22N4OS. The van der Waals surface area contributed by atoms with Crippen molar-refractivity contribution in [3.05, 3.63) is 73.8 Å². The summed E-state index contributed by atoms with van der Waals surface area (Å²) in [6.45, 7) is 3.25. The minimum atomic E-state index is -0.0304. The van der Waals surface area contributed by atoms with Gasteiger partial charge in [0.1, 0.15) is 5.82 Å². The molecule has 1 aromatic carbocycles. The number of rotatable bonds is 5. The van der Waals surface area contributed by atoms with Crippen LogP contribution < -0.4 is 10.9 Å². The van der Waals surface area contributed by atoms with Gasteiger partial charge in [-0.2, -0.15) is 11.3 Å². The van der Waals surface area contributed by atoms with Gasteiger partial charge in [-0.05, 0) is 41.1 Å². The van der Waals surface area contributed by atoms with Crippen molar-refractivity contribution in [1.29, 1.82) is 0 Å². The first-order valence-electron chi connectivity index (χ1n) is 8.81. The molecule has 0 spiro atoms. The van der Waals surface area contributed by atoms with Crippen molar-refractivity contribution < 1.29 is 0 Å². The number of benzene rings is 1. The molecule has 1 aliphatic rings. The summed E-state index contributed by atoms with van der Waals surface area (Å²) in [5.74, 6) is 0.665. The van der Waals surface area contributed by atoms with E-state index in [9.17, 15) is 4.79 Å². The zero-order valence-corrected chi connectivity index (χ0v) is 15.6. The van der Waals surface area contributed by atoms with Crippen molar-refractivity contribution in [2.75, 3.05) is 13.6 Å². The standard InChI is InChI=1S/C20H22N4OS/c1-24(12-15-6-8-26-13-15)11-14-3-2-4-16(9-14)19-22-18-5-7-21-10-17(18)20(25)23-19/h2-4,6,8-9,13,21H,5,7,10-12H2,1H3,(H,22,23,25). The average molecular weight is 366 g/mol. The number of nitrogens with one attached hydrogen (secondary N) is 2. The van der Waals surface area contributed by atoms with E-state index in [2.05, 4.69) is 51.2 Å². The van der Waals surface area contributed by atoms with E-state index in [-0.39, 0.29) is 5.56 Å². The Bertz CT molecular complexity index is 949. The molecule has 3 heterocycles. The predicted molar refractivity (Wildman–Crippen MR) is 105 cm³/mol. The molecule has 0 fully saturated rings. The van der Waals surface area contributed by atoms with Crippen molar-refractivity contribution in [2.45, 2.75) is 26.1 Å². The van der Waals surface area contributed by atoms with Gasteiger partial charge in [-0.25, -0.2) is 4.98 Å². The number of aromatic amines is 1. The molecule has 6 heteroatoms. The van der Waals surface area contributed by atoms with Gasteiger partial charge in [0.15, 0.2) is 0 Å². The zero-order valence-electron chi connectivity index (χ0n) is 14.8. The van der Waals surface area contributed by atoms with Crippen molar-refractivity contribution >= 4 is 11.3 Å². The Kier molecular flexibility index (Phi) is 4.97. The van der Waals surface area contributed by atoms with Crippen LogP contribution in [0.3, 0.4) is 0 Å². The van der Waals surface area contributed by atoms with Gasteiger partial charge in [-0.1, -0.05) is 18.2 Å². The first-order chi connectivity index (χ1) is 12.7. The van der Waals surface area contributed by atoms with Crippen molar-refractivity contribution in [1.82, 2.24) is 20.2 Å². The first kappa shape index (κ1) is 17.1. The van der Waals surface area contributed by atoms with E-state index < -0.39 is 0 Å². The summed E-state index contributed by atoms with van der Waals surface area (Å²) < 4.78 is 0. The molecular weight excluding hydrogens is 344 g/mol. The maximum Gasteiger partial charge on any atom is 0.255 e. The lowest BCUT2D eigenvalue weighted by atomic mass is 10.1. The fraction of sp³-hybridized carbons (Fsp3) is 0.300. The van der Waals surface area contributed by atoms with Crippen LogP contribution in [0.15, 0.2) is 45.9 Å². The van der Waals surface area contributed by atoms with Crippen molar-refractivity contribution in [3.63, 3.8) is 0 Å². The third kappa shape index (κ3) is 3.77. The van der Waals surface area contributed by atoms with Gasteiger partial charge in [0.05, 0.1) is 11.3 Å². The highest BCUT2D eigenvalue weighted by Gasteiger charge is 2.16. The van der Waals surface area contributed by atoms with E-state index in [0.29, 0.717) is 12.4 Å². The van der Waals surface area contributed by atoms with Crippen LogP contribution in [0.1, 0.15) is 22.4 Å². The quantitative estimate of drug-likeness (QED) is 0.729. The number of nitrogens with zero attached hydrogens (tertiary/aromatic N) is 2. The molecule has 0 saturated heterocycles. The Morgan fingerprint density at radius 2 is 2.12 bits per heavy atom. The molecule has 3 aromatic rings. The number of aromatic nitrogens is 2. The van der Waals surface area contributed by atoms with Gasteiger partial charge in [0, 0.05) is 38.2 Å². The van der Waals surface area contributed by atoms with Crippen LogP contribution in [0.25, 0.3) is 11.4 Å². The maximum atomic E-state index is 12.4. The highest BCUT2D eigenvalue weighted by molar-refractivity contribution is 7.07. The Morgan fingerprint density at radius 1 is 1.23 bits per heavy atom. The first-order valence-corrected chi connectivity index (χ1v) is 9.75. The van der Waals surface area contributed by atoms with E-state index in [1.807, 2.05) is 12.1 Å². The van der Waals surface area contributed by atoms with Crippen LogP contribution in [0.2, 0.25) is 0 Å². The van der Waals surface area contributed by atoms with E-state index >= 15 is 0 Å². The largest absolute Gasteiger partial charge is 0.312 e. The second kappa shape index (κ2) is 7.53. The average Bonchev–Trinajstić information content (AvgIpc) is 3.15. The minimum absolute atomic E-state index is 0.0304. The van der Waals surface area contributed by atoms with Gasteiger partial charge in [0.25, 0.3) is 5.56 Å². The summed E-state index contributed by atoms with van der Waals surface area (Å²) >= 11 is 1.73. The van der Waals surface area contributed by atoms with Crippen LogP contribution in [0.5, 0.6) is 0 Å². The van der Waals surface area contributed by atoms with Crippen LogP contribution >= 0.6 is 11.3 Å². The molecule has 0 radical (unpaired) electrons. The minimum Gasteiger partial charge on any atom is -0.312 e. The van der Waals surface area contributed by atoms with Crippen LogP contribution in [0, 0.1) is 0 Å². The second-order valence-electron chi connectivity index (χ2n) is 6.77. The molecule has 0 atom stereocenters. The summed E-state index contributed by atoms with van der Waals surface area (Å²) in [7, 11) is 2.12. The molecule has 0 amide bonds. The SMILES string of the molecule is CN(Cc1ccsc1)Cc1cccc(-c2nc3c(c(=O)[nH]2)CNCC3)c1. The Morgan fingerprint density at radius 3 is 2.96 bits per heavy atom. The monoisotopic (exact) mass is 366 g/mol. The summed E-state index contributed by atoms with van der Waals surface area (Å²) in [5.41, 5.74) is 5.17. The fourth-order valence-electron chi connectivity index (χ4n) is 3.37. The van der Waals surface area contributed by atoms with Gasteiger partial charge in [-0.15, -0.1) is 0 Å². The molecule has 0 aliphatic carbocycles. The molecule has 4 rings (SSSR count). The number of hydrogen-bond donors (Lipinski definition) is 2. The normalized spacial score (nSPS) is 13.8. The molecule has 5 nitrogen and oxygen atoms in total. The van der Waals surface area contributed by atoms with Crippen LogP contribution in [-0.2, 0) is 26.1 Å². The highest BCUT2D eigenvalue weighted by Crippen LogP contribution is 2.19. The molecule has 2 N–H and O–H groups in total. The van der Waals surface area contributed by atoms with Crippen LogP contribution in [0.4, 0.5) is 0 Å². The number of hydrogen-bond acceptors (Lipinski definition) is 5. The molecule has 0 saturated carbocycles. The molecule has 26 heavy (non-hydrogen) atoms. The smallest absolute Gasteiger partial charge is 0.255 e. The zero-order chi connectivity index (χ0) is 17.9. The molecule has 1 aliphatic heterocycles. The maximum absolute atomic E-state index is 12.4. The third-order valence-corrected chi connectivity index (χ3v) is 5.36. The van der Waals surface area contributed by atoms with Gasteiger partial charge >= 0.3 is 0 Å². The highest BCUT2D eigenvalue weighted by atomic mass is 32.1. The lowest BCUT2D eigenvalue weighted by molar-refractivity contribution is 0.319. The third-order valence-electron chi connectivity index (χ3n) is 4.63. The van der Waals surface area contributed by atoms with E-state index in [0.717, 1.165) is 42.9 Å². The molecule has 0 bridgehead atoms. The summed E-state index contributed by atoms with van der Waals surface area (Å²) in [6.07, 6.45) is 0.801. The van der Waals surface area contributed by atoms with Crippen molar-refractivity contribution in [3.8, 4) is 11.4 Å². The summed E-state index contributed by atoms with van der Waals surface area (Å²) in [5, 5.41) is 7.52. The van der Waals surface area contributed by atoms with E-state index in [4.69, 9.17) is 4.98 Å². The Hall–Kier alpha value is -2.28. The van der Waals surface area contributed by atoms with Gasteiger partial charge in [0.2, 0.25) is 0 Å². The second-order valence-corrected chi connectivity index (χ2v) is 7.55. The van der Waals surface area contributed by atoms with Crippen LogP contribution in [-0.4, -0.2) is 28.5 Å². The van der Waals surface area contributed by atoms with Gasteiger partial charge in [-0.3, -0.25) is 9.69 Å². The van der Waals surface area contributed by atoms with E-state index in [1.165, 1.54) is 11.1 Å². The van der Waals surface area contributed by atoms with Crippen molar-refractivity contribution in [2.24, 2.45) is 0 Å². The number of H-pyrrole nitrogens is 1. The summed E-state index contributed by atoms with van der Waals surface area (Å²) in [6, 6.07) is 10.4. The fourth-order valence-corrected chi connectivity index (χ4v) is 4.03. The molecule has 0 unspecified atom stereocenters. The Balaban J connectivity index is 1.56. The van der Waals surface area contributed by atoms with Gasteiger partial charge < -0.3 is 10.3 Å². The predicted octanol–water partition coefficient (Wildman–Crippen LogP) is 2.78. The molecule has 134 valence electrons. The molecule has 2 aromatic heterocycles. The lowest BCUT2D eigenvalue weighted by Crippen LogP contribution is -2.31. The Labute approximate surface area is 156 Å². The lowest BCUT2D eigenvalue weighted by Gasteiger charge is -2.17.